The maximum atomic E-state index is 15.0. The van der Waals surface area contributed by atoms with Crippen LogP contribution in [0.4, 0.5) is 20.6 Å². The number of nitrogens with zero attached hydrogens (tertiary/aromatic N) is 2. The number of fused-ring (bicyclic) bond motifs is 1. The average molecular weight is 448 g/mol. The number of piperidine rings is 1. The van der Waals surface area contributed by atoms with Gasteiger partial charge in [0.2, 0.25) is 5.91 Å². The lowest BCUT2D eigenvalue weighted by Crippen LogP contribution is -2.42. The molecule has 0 spiro atoms. The predicted octanol–water partition coefficient (Wildman–Crippen LogP) is 2.51. The van der Waals surface area contributed by atoms with Gasteiger partial charge in [0.25, 0.3) is 0 Å². The molecule has 1 aromatic carbocycles. The number of carbonyl (C=O) groups is 2. The molecule has 9 heteroatoms. The normalized spacial score (nSPS) is 31.4. The zero-order valence-corrected chi connectivity index (χ0v) is 18.3. The van der Waals surface area contributed by atoms with E-state index in [1.165, 1.54) is 17.9 Å². The summed E-state index contributed by atoms with van der Waals surface area (Å²) < 4.78 is 31.7. The van der Waals surface area contributed by atoms with Crippen molar-refractivity contribution in [2.24, 2.45) is 17.8 Å². The zero-order chi connectivity index (χ0) is 22.2. The van der Waals surface area contributed by atoms with Crippen molar-refractivity contribution in [3.8, 4) is 0 Å². The second kappa shape index (κ2) is 8.86. The van der Waals surface area contributed by atoms with Gasteiger partial charge < -0.3 is 24.4 Å². The SMILES string of the molecule is CC(=O)NCC1COC(=O)N1c1ccc(N2C[C@@H]3C(COC4CCCCO4)[C@H]3C2)c(F)c1. The van der Waals surface area contributed by atoms with Crippen molar-refractivity contribution in [2.75, 3.05) is 49.3 Å². The maximum Gasteiger partial charge on any atom is 0.414 e. The molecule has 1 N–H and O–H groups in total. The van der Waals surface area contributed by atoms with Crippen molar-refractivity contribution in [1.82, 2.24) is 5.32 Å². The second-order valence-electron chi connectivity index (χ2n) is 9.20. The van der Waals surface area contributed by atoms with Crippen molar-refractivity contribution >= 4 is 23.4 Å². The third-order valence-corrected chi connectivity index (χ3v) is 7.08. The fourth-order valence-electron chi connectivity index (χ4n) is 5.25. The molecule has 32 heavy (non-hydrogen) atoms. The van der Waals surface area contributed by atoms with E-state index < -0.39 is 6.09 Å². The summed E-state index contributed by atoms with van der Waals surface area (Å²) in [5, 5.41) is 2.69. The number of rotatable bonds is 7. The third kappa shape index (κ3) is 4.28. The monoisotopic (exact) mass is 447 g/mol. The Hall–Kier alpha value is -2.39. The highest BCUT2D eigenvalue weighted by Gasteiger charge is 2.56. The van der Waals surface area contributed by atoms with Gasteiger partial charge in [-0.05, 0) is 55.2 Å². The number of cyclic esters (lactones) is 1. The van der Waals surface area contributed by atoms with Gasteiger partial charge in [0.15, 0.2) is 6.29 Å². The first-order chi connectivity index (χ1) is 15.5. The highest BCUT2D eigenvalue weighted by atomic mass is 19.1. The van der Waals surface area contributed by atoms with Crippen LogP contribution < -0.4 is 15.1 Å². The van der Waals surface area contributed by atoms with Crippen LogP contribution >= 0.6 is 0 Å². The molecular formula is C23H30FN3O5. The minimum absolute atomic E-state index is 0.0575. The van der Waals surface area contributed by atoms with E-state index in [9.17, 15) is 9.59 Å². The highest BCUT2D eigenvalue weighted by Crippen LogP contribution is 2.53. The van der Waals surface area contributed by atoms with Gasteiger partial charge in [0.05, 0.1) is 24.0 Å². The fraction of sp³-hybridized carbons (Fsp3) is 0.652. The van der Waals surface area contributed by atoms with Crippen LogP contribution in [0, 0.1) is 23.6 Å². The van der Waals surface area contributed by atoms with E-state index >= 15 is 4.39 Å². The summed E-state index contributed by atoms with van der Waals surface area (Å²) in [5.41, 5.74) is 0.995. The first-order valence-electron chi connectivity index (χ1n) is 11.5. The molecule has 4 fully saturated rings. The Labute approximate surface area is 187 Å². The molecule has 1 saturated carbocycles. The van der Waals surface area contributed by atoms with Gasteiger partial charge in [-0.1, -0.05) is 0 Å². The summed E-state index contributed by atoms with van der Waals surface area (Å²) in [7, 11) is 0. The Kier molecular flexibility index (Phi) is 5.94. The quantitative estimate of drug-likeness (QED) is 0.692. The Bertz CT molecular complexity index is 865. The van der Waals surface area contributed by atoms with E-state index in [2.05, 4.69) is 10.2 Å². The number of benzene rings is 1. The summed E-state index contributed by atoms with van der Waals surface area (Å²) in [4.78, 5) is 26.9. The lowest BCUT2D eigenvalue weighted by atomic mass is 10.2. The largest absolute Gasteiger partial charge is 0.447 e. The van der Waals surface area contributed by atoms with Crippen molar-refractivity contribution in [3.05, 3.63) is 24.0 Å². The van der Waals surface area contributed by atoms with Crippen LogP contribution in [0.2, 0.25) is 0 Å². The molecule has 0 radical (unpaired) electrons. The standard InChI is InChI=1S/C23H30FN3O5/c1-14(28)25-9-16-12-32-23(29)27(16)15-5-6-21(20(24)8-15)26-10-17-18(11-26)19(17)13-31-22-4-2-3-7-30-22/h5-6,8,16-19,22H,2-4,7,9-13H2,1H3,(H,25,28)/t16?,17-,18-,22?/m0/s1. The average Bonchev–Trinajstić information content (AvgIpc) is 3.09. The second-order valence-corrected chi connectivity index (χ2v) is 9.20. The first kappa shape index (κ1) is 21.5. The Morgan fingerprint density at radius 3 is 2.78 bits per heavy atom. The molecule has 3 aliphatic heterocycles. The van der Waals surface area contributed by atoms with E-state index in [0.717, 1.165) is 45.6 Å². The van der Waals surface area contributed by atoms with E-state index in [-0.39, 0.29) is 37.2 Å². The number of amides is 2. The van der Waals surface area contributed by atoms with Crippen molar-refractivity contribution in [1.29, 1.82) is 0 Å². The summed E-state index contributed by atoms with van der Waals surface area (Å²) in [5.74, 6) is 1.06. The Morgan fingerprint density at radius 1 is 1.28 bits per heavy atom. The summed E-state index contributed by atoms with van der Waals surface area (Å²) >= 11 is 0. The molecule has 5 rings (SSSR count). The lowest BCUT2D eigenvalue weighted by molar-refractivity contribution is -0.165. The number of nitrogens with one attached hydrogen (secondary N) is 1. The van der Waals surface area contributed by atoms with Gasteiger partial charge >= 0.3 is 6.09 Å². The smallest absolute Gasteiger partial charge is 0.414 e. The Balaban J connectivity index is 1.17. The van der Waals surface area contributed by atoms with Gasteiger partial charge in [0.1, 0.15) is 12.4 Å². The van der Waals surface area contributed by atoms with Crippen LogP contribution in [0.5, 0.6) is 0 Å². The van der Waals surface area contributed by atoms with Crippen LogP contribution in [-0.4, -0.2) is 63.8 Å². The molecule has 2 amide bonds. The van der Waals surface area contributed by atoms with Gasteiger partial charge in [0, 0.05) is 33.2 Å². The van der Waals surface area contributed by atoms with Crippen LogP contribution in [0.3, 0.4) is 0 Å². The van der Waals surface area contributed by atoms with Gasteiger partial charge in [-0.15, -0.1) is 0 Å². The molecule has 3 saturated heterocycles. The van der Waals surface area contributed by atoms with Crippen molar-refractivity contribution in [2.45, 2.75) is 38.5 Å². The van der Waals surface area contributed by atoms with E-state index in [1.54, 1.807) is 12.1 Å². The molecule has 4 aliphatic rings. The molecule has 1 aliphatic carbocycles. The van der Waals surface area contributed by atoms with Gasteiger partial charge in [-0.25, -0.2) is 9.18 Å². The molecule has 174 valence electrons. The Morgan fingerprint density at radius 2 is 2.09 bits per heavy atom. The third-order valence-electron chi connectivity index (χ3n) is 7.08. The summed E-state index contributed by atoms with van der Waals surface area (Å²) in [6, 6.07) is 4.51. The van der Waals surface area contributed by atoms with Gasteiger partial charge in [-0.3, -0.25) is 9.69 Å². The molecule has 2 unspecified atom stereocenters. The first-order valence-corrected chi connectivity index (χ1v) is 11.5. The minimum atomic E-state index is -0.528. The molecule has 3 heterocycles. The molecule has 4 atom stereocenters. The number of hydrogen-bond acceptors (Lipinski definition) is 6. The number of ether oxygens (including phenoxy) is 3. The van der Waals surface area contributed by atoms with E-state index in [1.807, 2.05) is 0 Å². The van der Waals surface area contributed by atoms with Crippen LogP contribution in [0.25, 0.3) is 0 Å². The number of halogens is 1. The topological polar surface area (TPSA) is 80.3 Å². The van der Waals surface area contributed by atoms with E-state index in [0.29, 0.717) is 29.1 Å². The van der Waals surface area contributed by atoms with E-state index in [4.69, 9.17) is 14.2 Å². The number of anilines is 2. The lowest BCUT2D eigenvalue weighted by Gasteiger charge is -2.26. The summed E-state index contributed by atoms with van der Waals surface area (Å²) in [6.45, 7) is 4.98. The fourth-order valence-corrected chi connectivity index (χ4v) is 5.25. The van der Waals surface area contributed by atoms with Gasteiger partial charge in [-0.2, -0.15) is 0 Å². The number of carbonyl (C=O) groups excluding carboxylic acids is 2. The molecule has 0 aromatic heterocycles. The molecule has 0 bridgehead atoms. The van der Waals surface area contributed by atoms with Crippen molar-refractivity contribution in [3.63, 3.8) is 0 Å². The summed E-state index contributed by atoms with van der Waals surface area (Å²) in [6.07, 6.45) is 2.66. The van der Waals surface area contributed by atoms with Crippen molar-refractivity contribution < 1.29 is 28.2 Å². The van der Waals surface area contributed by atoms with Crippen LogP contribution in [-0.2, 0) is 19.0 Å². The molecule has 8 nitrogen and oxygen atoms in total. The minimum Gasteiger partial charge on any atom is -0.447 e. The molecule has 1 aromatic rings. The molecular weight excluding hydrogens is 417 g/mol. The van der Waals surface area contributed by atoms with Crippen LogP contribution in [0.15, 0.2) is 18.2 Å². The highest BCUT2D eigenvalue weighted by molar-refractivity contribution is 5.90. The maximum absolute atomic E-state index is 15.0. The van der Waals surface area contributed by atoms with Crippen LogP contribution in [0.1, 0.15) is 26.2 Å². The predicted molar refractivity (Wildman–Crippen MR) is 115 cm³/mol. The number of hydrogen-bond donors (Lipinski definition) is 1. The zero-order valence-electron chi connectivity index (χ0n) is 18.3.